The van der Waals surface area contributed by atoms with Gasteiger partial charge >= 0.3 is 17.7 Å². The van der Waals surface area contributed by atoms with Crippen LogP contribution in [0, 0.1) is 19.1 Å². The van der Waals surface area contributed by atoms with Crippen LogP contribution in [0.2, 0.25) is 5.15 Å². The lowest BCUT2D eigenvalue weighted by atomic mass is 9.84. The van der Waals surface area contributed by atoms with E-state index in [1.807, 2.05) is 13.8 Å². The summed E-state index contributed by atoms with van der Waals surface area (Å²) in [6.45, 7) is 30.7. The zero-order valence-corrected chi connectivity index (χ0v) is 39.6. The number of nitrogens with zero attached hydrogens (tertiary/aromatic N) is 10. The van der Waals surface area contributed by atoms with Crippen LogP contribution in [0.4, 0.5) is 21.5 Å². The van der Waals surface area contributed by atoms with Gasteiger partial charge in [-0.1, -0.05) is 48.7 Å². The summed E-state index contributed by atoms with van der Waals surface area (Å²) in [5.41, 5.74) is 5.56. The van der Waals surface area contributed by atoms with Gasteiger partial charge in [0, 0.05) is 48.6 Å². The van der Waals surface area contributed by atoms with Gasteiger partial charge in [-0.05, 0) is 60.8 Å². The molecule has 4 aromatic rings. The summed E-state index contributed by atoms with van der Waals surface area (Å²) < 4.78 is 19.1. The molecule has 2 aliphatic carbocycles. The second-order valence-electron chi connectivity index (χ2n) is 17.7. The van der Waals surface area contributed by atoms with Gasteiger partial charge in [0.2, 0.25) is 11.9 Å². The number of aliphatic hydroxyl groups excluding tert-OH is 2. The van der Waals surface area contributed by atoms with Crippen molar-refractivity contribution in [3.05, 3.63) is 73.2 Å². The van der Waals surface area contributed by atoms with E-state index in [9.17, 15) is 24.6 Å². The first-order valence-corrected chi connectivity index (χ1v) is 22.0. The van der Waals surface area contributed by atoms with Crippen molar-refractivity contribution < 1.29 is 34.0 Å². The molecule has 0 spiro atoms. The molecule has 23 heteroatoms. The van der Waals surface area contributed by atoms with E-state index >= 15 is 0 Å². The van der Waals surface area contributed by atoms with Gasteiger partial charge in [0.25, 0.3) is 11.1 Å². The average Bonchev–Trinajstić information content (AvgIpc) is 4.07. The summed E-state index contributed by atoms with van der Waals surface area (Å²) in [5, 5.41) is 19.8. The Morgan fingerprint density at radius 2 is 1.45 bits per heavy atom. The number of H-pyrrole nitrogens is 1. The minimum absolute atomic E-state index is 0.0132. The van der Waals surface area contributed by atoms with E-state index in [4.69, 9.17) is 67.9 Å². The second-order valence-corrected chi connectivity index (χ2v) is 18.5. The Kier molecular flexibility index (Phi) is 15.6. The number of halogens is 3. The van der Waals surface area contributed by atoms with Gasteiger partial charge in [-0.15, -0.1) is 4.90 Å². The van der Waals surface area contributed by atoms with Gasteiger partial charge in [-0.25, -0.2) is 32.7 Å². The number of nitrogen functional groups attached to an aromatic ring is 1. The molecule has 2 saturated carbocycles. The number of imidazole rings is 2. The lowest BCUT2D eigenvalue weighted by Gasteiger charge is -2.27. The number of anilines is 2. The number of fused-ring (bicyclic) bond motifs is 2. The van der Waals surface area contributed by atoms with Crippen LogP contribution in [-0.4, -0.2) is 110 Å². The summed E-state index contributed by atoms with van der Waals surface area (Å²) in [6, 6.07) is -0.899. The molecule has 0 radical (unpaired) electrons. The Labute approximate surface area is 390 Å². The van der Waals surface area contributed by atoms with Crippen LogP contribution in [0.3, 0.4) is 0 Å². The molecule has 0 aromatic carbocycles. The van der Waals surface area contributed by atoms with E-state index < -0.39 is 58.8 Å². The van der Waals surface area contributed by atoms with Crippen molar-refractivity contribution in [2.45, 2.75) is 128 Å². The third kappa shape index (κ3) is 10.2. The number of rotatable bonds is 5. The van der Waals surface area contributed by atoms with Crippen molar-refractivity contribution in [2.75, 3.05) is 30.5 Å². The normalized spacial score (nSPS) is 25.4. The SMILES string of the molecule is C1CCOC1.[C-]#[N+][C@]1(CC)/C(=C\Cl)[C@@H](n2cnc3c(Cl)nc(N(C(=O)OC(C)(C)C)C(=O)OC(C)(C)C)nc32)C[C@@H]1C.[C-]#[N+][C@]1(CO)/C(=C\Cl)[C@@H](n2cnc3c(=O)[nH]c(N)nc32)C[C@@H]1O. The number of ether oxygens (including phenoxy) is 3. The Morgan fingerprint density at radius 3 is 1.91 bits per heavy atom. The van der Waals surface area contributed by atoms with E-state index in [0.717, 1.165) is 18.8 Å². The zero-order valence-electron chi connectivity index (χ0n) is 37.3. The van der Waals surface area contributed by atoms with Gasteiger partial charge in [0.15, 0.2) is 22.0 Å². The molecular formula is C42H53Cl3N12O8. The lowest BCUT2D eigenvalue weighted by Crippen LogP contribution is -2.44. The highest BCUT2D eigenvalue weighted by Crippen LogP contribution is 2.52. The van der Waals surface area contributed by atoms with Crippen LogP contribution in [0.25, 0.3) is 32.0 Å². The third-order valence-electron chi connectivity index (χ3n) is 11.2. The summed E-state index contributed by atoms with van der Waals surface area (Å²) in [6.07, 6.45) is 3.66. The molecule has 20 nitrogen and oxygen atoms in total. The maximum Gasteiger partial charge on any atom is 0.427 e. The number of amides is 2. The van der Waals surface area contributed by atoms with Crippen molar-refractivity contribution >= 4 is 81.2 Å². The monoisotopic (exact) mass is 958 g/mol. The number of aromatic amines is 1. The topological polar surface area (TPSA) is 247 Å². The Balaban J connectivity index is 0.000000238. The molecule has 0 bridgehead atoms. The molecule has 2 amide bonds. The number of hydrogen-bond acceptors (Lipinski definition) is 14. The predicted molar refractivity (Wildman–Crippen MR) is 244 cm³/mol. The van der Waals surface area contributed by atoms with E-state index in [1.54, 1.807) is 52.4 Å². The van der Waals surface area contributed by atoms with Crippen molar-refractivity contribution in [1.82, 2.24) is 39.0 Å². The summed E-state index contributed by atoms with van der Waals surface area (Å²) >= 11 is 18.6. The van der Waals surface area contributed by atoms with Crippen molar-refractivity contribution in [2.24, 2.45) is 5.92 Å². The first-order valence-electron chi connectivity index (χ1n) is 20.7. The summed E-state index contributed by atoms with van der Waals surface area (Å²) in [4.78, 5) is 69.5. The van der Waals surface area contributed by atoms with Crippen molar-refractivity contribution in [1.29, 1.82) is 0 Å². The summed E-state index contributed by atoms with van der Waals surface area (Å²) in [5.74, 6) is -0.380. The number of carbonyl (C=O) groups is 2. The zero-order chi connectivity index (χ0) is 48.2. The Bertz CT molecular complexity index is 2580. The number of carbonyl (C=O) groups excluding carboxylic acids is 2. The summed E-state index contributed by atoms with van der Waals surface area (Å²) in [7, 11) is 0. The lowest BCUT2D eigenvalue weighted by molar-refractivity contribution is 0.0427. The van der Waals surface area contributed by atoms with Crippen LogP contribution < -0.4 is 16.2 Å². The Morgan fingerprint density at radius 1 is 0.938 bits per heavy atom. The van der Waals surface area contributed by atoms with E-state index in [2.05, 4.69) is 39.6 Å². The van der Waals surface area contributed by atoms with Crippen LogP contribution in [-0.2, 0) is 14.2 Å². The molecule has 3 fully saturated rings. The maximum absolute atomic E-state index is 13.1. The van der Waals surface area contributed by atoms with E-state index in [1.165, 1.54) is 34.8 Å². The fraction of sp³-hybridized carbons (Fsp3) is 0.571. The fourth-order valence-corrected chi connectivity index (χ4v) is 8.89. The minimum atomic E-state index is -1.52. The third-order valence-corrected chi connectivity index (χ3v) is 11.9. The fourth-order valence-electron chi connectivity index (χ4n) is 8.02. The molecule has 6 atom stereocenters. The molecule has 4 aromatic heterocycles. The van der Waals surface area contributed by atoms with Crippen LogP contribution in [0.15, 0.2) is 39.7 Å². The van der Waals surface area contributed by atoms with Crippen molar-refractivity contribution in [3.63, 3.8) is 0 Å². The predicted octanol–water partition coefficient (Wildman–Crippen LogP) is 7.51. The number of aromatic nitrogens is 8. The highest BCUT2D eigenvalue weighted by atomic mass is 35.5. The van der Waals surface area contributed by atoms with Gasteiger partial charge in [0.1, 0.15) is 29.4 Å². The molecule has 1 aliphatic heterocycles. The number of imide groups is 1. The highest BCUT2D eigenvalue weighted by molar-refractivity contribution is 6.33. The van der Waals surface area contributed by atoms with Gasteiger partial charge in [-0.3, -0.25) is 14.6 Å². The Hall–Kier alpha value is -5.35. The number of hydrogen-bond donors (Lipinski definition) is 4. The van der Waals surface area contributed by atoms with Crippen molar-refractivity contribution in [3.8, 4) is 0 Å². The quantitative estimate of drug-likeness (QED) is 0.112. The molecule has 65 heavy (non-hydrogen) atoms. The molecule has 5 N–H and O–H groups in total. The van der Waals surface area contributed by atoms with Gasteiger partial charge < -0.3 is 44.1 Å². The number of nitrogens with two attached hydrogens (primary N) is 1. The molecule has 7 rings (SSSR count). The first-order chi connectivity index (χ1) is 30.6. The van der Waals surface area contributed by atoms with Gasteiger partial charge in [-0.2, -0.15) is 15.0 Å². The van der Waals surface area contributed by atoms with Crippen LogP contribution in [0.5, 0.6) is 0 Å². The van der Waals surface area contributed by atoms with E-state index in [-0.39, 0.29) is 57.8 Å². The highest BCUT2D eigenvalue weighted by Gasteiger charge is 2.58. The first kappa shape index (κ1) is 50.6. The maximum atomic E-state index is 13.1. The molecule has 0 unspecified atom stereocenters. The standard InChI is InChI=1S/C25H32Cl2N6O4.C13H13ClN6O3.C4H8O/c1-10-25(28-9)14(2)11-16(15(25)12-26)32-13-29-17-18(27)30-20(31-19(17)32)33(21(34)36-23(3,4)5)22(35)37-24(6,7)8;1-16-13(4-21)6(3-14)7(2-8(13)22)20-5-17-9-10(20)18-12(15)19-11(9)23;1-2-4-5-3-1/h12-14,16H,10-11H2,1-8H3;3,5,7-8,21-22H,2,4H2,(H3,15,18,19,23);1-4H2/b15-12-;6-3-;/t14-,16-,25-;7-,8-,13+;/m00./s1. The molecule has 1 saturated heterocycles. The molecule has 5 heterocycles. The van der Waals surface area contributed by atoms with Gasteiger partial charge in [0.05, 0.1) is 30.3 Å². The second kappa shape index (κ2) is 20.0. The minimum Gasteiger partial charge on any atom is -0.443 e. The molecular weight excluding hydrogens is 907 g/mol. The molecule has 3 aliphatic rings. The largest absolute Gasteiger partial charge is 0.443 e. The molecule has 350 valence electrons. The van der Waals surface area contributed by atoms with Crippen LogP contribution in [0.1, 0.15) is 99.6 Å². The average molecular weight is 960 g/mol. The smallest absolute Gasteiger partial charge is 0.427 e. The number of aliphatic hydroxyl groups is 2. The van der Waals surface area contributed by atoms with Crippen LogP contribution >= 0.6 is 34.8 Å². The number of nitrogens with one attached hydrogen (secondary N) is 1. The van der Waals surface area contributed by atoms with E-state index in [0.29, 0.717) is 23.3 Å².